The molecule has 0 bridgehead atoms. The number of aryl methyl sites for hydroxylation is 1. The summed E-state index contributed by atoms with van der Waals surface area (Å²) in [6, 6.07) is 5.83. The van der Waals surface area contributed by atoms with Crippen LogP contribution in [0.3, 0.4) is 0 Å². The van der Waals surface area contributed by atoms with Crippen molar-refractivity contribution in [1.82, 2.24) is 9.55 Å². The van der Waals surface area contributed by atoms with Crippen molar-refractivity contribution in [1.29, 1.82) is 0 Å². The van der Waals surface area contributed by atoms with Gasteiger partial charge in [0, 0.05) is 37.2 Å². The Morgan fingerprint density at radius 3 is 2.90 bits per heavy atom. The Balaban J connectivity index is 1.75. The Kier molecular flexibility index (Phi) is 5.49. The fraction of sp³-hybridized carbons (Fsp3) is 0.438. The minimum Gasteiger partial charge on any atom is -0.489 e. The zero-order chi connectivity index (χ0) is 15.1. The minimum atomic E-state index is 0.123. The van der Waals surface area contributed by atoms with Crippen LogP contribution in [-0.2, 0) is 6.54 Å². The maximum absolute atomic E-state index is 5.91. The Bertz CT molecular complexity index is 537. The third-order valence-corrected chi connectivity index (χ3v) is 3.11. The summed E-state index contributed by atoms with van der Waals surface area (Å²) < 4.78 is 7.78. The highest BCUT2D eigenvalue weighted by molar-refractivity contribution is 5.61. The quantitative estimate of drug-likeness (QED) is 0.578. The molecule has 0 radical (unpaired) electrons. The smallest absolute Gasteiger partial charge is 0.144 e. The van der Waals surface area contributed by atoms with Crippen molar-refractivity contribution in [3.05, 3.63) is 36.9 Å². The number of nitrogens with one attached hydrogen (secondary N) is 1. The molecule has 0 unspecified atom stereocenters. The van der Waals surface area contributed by atoms with E-state index < -0.39 is 0 Å². The largest absolute Gasteiger partial charge is 0.489 e. The molecule has 2 rings (SSSR count). The van der Waals surface area contributed by atoms with E-state index in [0.29, 0.717) is 5.69 Å². The summed E-state index contributed by atoms with van der Waals surface area (Å²) in [4.78, 5) is 4.03. The van der Waals surface area contributed by atoms with Crippen LogP contribution in [0, 0.1) is 0 Å². The maximum Gasteiger partial charge on any atom is 0.144 e. The van der Waals surface area contributed by atoms with Crippen LogP contribution in [0.2, 0.25) is 0 Å². The zero-order valence-electron chi connectivity index (χ0n) is 12.7. The van der Waals surface area contributed by atoms with Gasteiger partial charge in [-0.2, -0.15) is 0 Å². The number of anilines is 2. The SMILES string of the molecule is CC(C)Oc1cc(NCCCCn2ccnc2)ccc1N. The van der Waals surface area contributed by atoms with Gasteiger partial charge in [0.1, 0.15) is 5.75 Å². The van der Waals surface area contributed by atoms with E-state index in [0.717, 1.165) is 37.4 Å². The van der Waals surface area contributed by atoms with Crippen LogP contribution >= 0.6 is 0 Å². The second-order valence-corrected chi connectivity index (χ2v) is 5.35. The molecule has 0 spiro atoms. The number of rotatable bonds is 8. The van der Waals surface area contributed by atoms with Crippen molar-refractivity contribution in [3.63, 3.8) is 0 Å². The first-order valence-electron chi connectivity index (χ1n) is 7.41. The number of benzene rings is 1. The number of hydrogen-bond acceptors (Lipinski definition) is 4. The van der Waals surface area contributed by atoms with Crippen LogP contribution < -0.4 is 15.8 Å². The maximum atomic E-state index is 5.91. The van der Waals surface area contributed by atoms with E-state index in [4.69, 9.17) is 10.5 Å². The number of hydrogen-bond donors (Lipinski definition) is 2. The number of unbranched alkanes of at least 4 members (excludes halogenated alkanes) is 1. The van der Waals surface area contributed by atoms with Gasteiger partial charge >= 0.3 is 0 Å². The van der Waals surface area contributed by atoms with Gasteiger partial charge in [0.2, 0.25) is 0 Å². The minimum absolute atomic E-state index is 0.123. The molecule has 5 heteroatoms. The predicted molar refractivity (Wildman–Crippen MR) is 86.6 cm³/mol. The van der Waals surface area contributed by atoms with Gasteiger partial charge in [-0.1, -0.05) is 0 Å². The molecule has 0 aliphatic heterocycles. The molecule has 0 fully saturated rings. The molecule has 0 atom stereocenters. The van der Waals surface area contributed by atoms with Crippen molar-refractivity contribution >= 4 is 11.4 Å². The summed E-state index contributed by atoms with van der Waals surface area (Å²) in [7, 11) is 0. The lowest BCUT2D eigenvalue weighted by Crippen LogP contribution is -2.08. The zero-order valence-corrected chi connectivity index (χ0v) is 12.7. The van der Waals surface area contributed by atoms with E-state index >= 15 is 0 Å². The average Bonchev–Trinajstić information content (AvgIpc) is 2.94. The molecule has 21 heavy (non-hydrogen) atoms. The third kappa shape index (κ3) is 5.02. The number of nitrogen functional groups attached to an aromatic ring is 1. The molecule has 1 aromatic carbocycles. The van der Waals surface area contributed by atoms with Gasteiger partial charge in [-0.05, 0) is 38.8 Å². The summed E-state index contributed by atoms with van der Waals surface area (Å²) >= 11 is 0. The third-order valence-electron chi connectivity index (χ3n) is 3.11. The topological polar surface area (TPSA) is 65.1 Å². The van der Waals surface area contributed by atoms with Gasteiger partial charge in [-0.15, -0.1) is 0 Å². The lowest BCUT2D eigenvalue weighted by molar-refractivity contribution is 0.244. The van der Waals surface area contributed by atoms with Crippen LogP contribution in [0.5, 0.6) is 5.75 Å². The number of nitrogens with two attached hydrogens (primary N) is 1. The highest BCUT2D eigenvalue weighted by Gasteiger charge is 2.04. The average molecular weight is 288 g/mol. The number of aromatic nitrogens is 2. The normalized spacial score (nSPS) is 10.8. The number of nitrogens with zero attached hydrogens (tertiary/aromatic N) is 2. The van der Waals surface area contributed by atoms with E-state index in [1.165, 1.54) is 0 Å². The summed E-state index contributed by atoms with van der Waals surface area (Å²) in [6.45, 7) is 5.93. The number of imidazole rings is 1. The first-order chi connectivity index (χ1) is 10.1. The van der Waals surface area contributed by atoms with Crippen molar-refractivity contribution in [2.24, 2.45) is 0 Å². The summed E-state index contributed by atoms with van der Waals surface area (Å²) in [6.07, 6.45) is 7.99. The lowest BCUT2D eigenvalue weighted by atomic mass is 10.2. The summed E-state index contributed by atoms with van der Waals surface area (Å²) in [5.74, 6) is 0.744. The second-order valence-electron chi connectivity index (χ2n) is 5.35. The molecule has 0 amide bonds. The molecule has 3 N–H and O–H groups in total. The van der Waals surface area contributed by atoms with Gasteiger partial charge in [-0.25, -0.2) is 4.98 Å². The molecule has 1 aromatic heterocycles. The van der Waals surface area contributed by atoms with Gasteiger partial charge in [0.15, 0.2) is 0 Å². The molecule has 0 aliphatic carbocycles. The second kappa shape index (κ2) is 7.57. The first-order valence-corrected chi connectivity index (χ1v) is 7.41. The van der Waals surface area contributed by atoms with Crippen molar-refractivity contribution < 1.29 is 4.74 Å². The van der Waals surface area contributed by atoms with E-state index in [-0.39, 0.29) is 6.10 Å². The molecular weight excluding hydrogens is 264 g/mol. The van der Waals surface area contributed by atoms with Gasteiger partial charge in [0.05, 0.1) is 18.1 Å². The molecule has 0 aliphatic rings. The molecule has 2 aromatic rings. The van der Waals surface area contributed by atoms with Gasteiger partial charge in [0.25, 0.3) is 0 Å². The van der Waals surface area contributed by atoms with Gasteiger partial charge in [-0.3, -0.25) is 0 Å². The Morgan fingerprint density at radius 2 is 2.19 bits per heavy atom. The summed E-state index contributed by atoms with van der Waals surface area (Å²) in [5.41, 5.74) is 7.63. The van der Waals surface area contributed by atoms with Crippen molar-refractivity contribution in [3.8, 4) is 5.75 Å². The first kappa shape index (κ1) is 15.2. The lowest BCUT2D eigenvalue weighted by Gasteiger charge is -2.14. The van der Waals surface area contributed by atoms with Gasteiger partial charge < -0.3 is 20.4 Å². The van der Waals surface area contributed by atoms with Crippen molar-refractivity contribution in [2.75, 3.05) is 17.6 Å². The van der Waals surface area contributed by atoms with Crippen LogP contribution in [0.4, 0.5) is 11.4 Å². The van der Waals surface area contributed by atoms with E-state index in [1.807, 2.05) is 50.8 Å². The Hall–Kier alpha value is -2.17. The van der Waals surface area contributed by atoms with Crippen LogP contribution in [0.15, 0.2) is 36.9 Å². The molecule has 0 saturated heterocycles. The Labute approximate surface area is 126 Å². The molecular formula is C16H24N4O. The monoisotopic (exact) mass is 288 g/mol. The fourth-order valence-corrected chi connectivity index (χ4v) is 2.07. The highest BCUT2D eigenvalue weighted by Crippen LogP contribution is 2.26. The summed E-state index contributed by atoms with van der Waals surface area (Å²) in [5, 5.41) is 3.41. The van der Waals surface area contributed by atoms with Crippen LogP contribution in [0.25, 0.3) is 0 Å². The molecule has 0 saturated carbocycles. The Morgan fingerprint density at radius 1 is 1.33 bits per heavy atom. The van der Waals surface area contributed by atoms with E-state index in [1.54, 1.807) is 0 Å². The van der Waals surface area contributed by atoms with Crippen molar-refractivity contribution in [2.45, 2.75) is 39.3 Å². The van der Waals surface area contributed by atoms with E-state index in [9.17, 15) is 0 Å². The molecule has 114 valence electrons. The predicted octanol–water partition coefficient (Wildman–Crippen LogP) is 3.14. The highest BCUT2D eigenvalue weighted by atomic mass is 16.5. The van der Waals surface area contributed by atoms with Crippen LogP contribution in [0.1, 0.15) is 26.7 Å². The molecule has 5 nitrogen and oxygen atoms in total. The standard InChI is InChI=1S/C16H24N4O/c1-13(2)21-16-11-14(5-6-15(16)17)19-7-3-4-9-20-10-8-18-12-20/h5-6,8,10-13,19H,3-4,7,9,17H2,1-2H3. The van der Waals surface area contributed by atoms with Crippen LogP contribution in [-0.4, -0.2) is 22.2 Å². The fourth-order valence-electron chi connectivity index (χ4n) is 2.07. The van der Waals surface area contributed by atoms with E-state index in [2.05, 4.69) is 14.9 Å². The number of ether oxygens (including phenoxy) is 1. The molecule has 1 heterocycles.